The number of hydrogen-bond acceptors (Lipinski definition) is 4. The number of aromatic nitrogens is 2. The van der Waals surface area contributed by atoms with Crippen LogP contribution in [-0.4, -0.2) is 23.1 Å². The van der Waals surface area contributed by atoms with Crippen LogP contribution in [0, 0.1) is 0 Å². The molecular formula is C12H20N4. The number of nitrogens with two attached hydrogens (primary N) is 1. The van der Waals surface area contributed by atoms with Gasteiger partial charge in [0.1, 0.15) is 5.82 Å². The van der Waals surface area contributed by atoms with Crippen LogP contribution in [0.2, 0.25) is 0 Å². The molecule has 0 bridgehead atoms. The molecule has 0 amide bonds. The summed E-state index contributed by atoms with van der Waals surface area (Å²) >= 11 is 0. The van der Waals surface area contributed by atoms with Gasteiger partial charge in [-0.1, -0.05) is 12.8 Å². The molecule has 2 rings (SSSR count). The molecule has 0 saturated heterocycles. The predicted octanol–water partition coefficient (Wildman–Crippen LogP) is 1.89. The minimum Gasteiger partial charge on any atom is -0.383 e. The zero-order valence-corrected chi connectivity index (χ0v) is 9.65. The number of hydrogen-bond donors (Lipinski definition) is 2. The fourth-order valence-electron chi connectivity index (χ4n) is 2.16. The third kappa shape index (κ3) is 2.92. The fraction of sp³-hybridized carbons (Fsp3) is 0.667. The number of anilines is 1. The Hall–Kier alpha value is -1.16. The van der Waals surface area contributed by atoms with Gasteiger partial charge in [0.05, 0.1) is 18.1 Å². The second-order valence-electron chi connectivity index (χ2n) is 4.38. The summed E-state index contributed by atoms with van der Waals surface area (Å²) < 4.78 is 0. The zero-order valence-electron chi connectivity index (χ0n) is 9.65. The molecule has 1 aliphatic carbocycles. The van der Waals surface area contributed by atoms with Crippen LogP contribution >= 0.6 is 0 Å². The van der Waals surface area contributed by atoms with Crippen LogP contribution in [0.1, 0.15) is 43.8 Å². The molecule has 0 unspecified atom stereocenters. The maximum absolute atomic E-state index is 5.43. The molecule has 1 saturated carbocycles. The molecule has 0 spiro atoms. The first-order valence-electron chi connectivity index (χ1n) is 6.16. The van der Waals surface area contributed by atoms with E-state index in [0.29, 0.717) is 12.5 Å². The molecular weight excluding hydrogens is 200 g/mol. The molecule has 1 heterocycles. The van der Waals surface area contributed by atoms with Crippen LogP contribution in [-0.2, 0) is 0 Å². The lowest BCUT2D eigenvalue weighted by atomic mass is 10.1. The summed E-state index contributed by atoms with van der Waals surface area (Å²) in [6.07, 6.45) is 9.90. The molecule has 1 aromatic rings. The first kappa shape index (κ1) is 11.3. The molecule has 1 aliphatic rings. The maximum atomic E-state index is 5.43. The smallest absolute Gasteiger partial charge is 0.131 e. The van der Waals surface area contributed by atoms with Gasteiger partial charge in [0.15, 0.2) is 0 Å². The van der Waals surface area contributed by atoms with Crippen LogP contribution in [0.25, 0.3) is 0 Å². The van der Waals surface area contributed by atoms with Crippen molar-refractivity contribution >= 4 is 5.69 Å². The lowest BCUT2D eigenvalue weighted by molar-refractivity contribution is 0.667. The largest absolute Gasteiger partial charge is 0.383 e. The molecule has 3 N–H and O–H groups in total. The van der Waals surface area contributed by atoms with Crippen molar-refractivity contribution in [2.24, 2.45) is 5.73 Å². The highest BCUT2D eigenvalue weighted by molar-refractivity contribution is 5.37. The normalized spacial score (nSPS) is 16.6. The summed E-state index contributed by atoms with van der Waals surface area (Å²) in [5.74, 6) is 1.61. The predicted molar refractivity (Wildman–Crippen MR) is 65.4 cm³/mol. The van der Waals surface area contributed by atoms with Crippen LogP contribution < -0.4 is 11.1 Å². The van der Waals surface area contributed by atoms with Crippen molar-refractivity contribution < 1.29 is 0 Å². The standard InChI is InChI=1S/C12H20N4/c13-6-3-7-14-11-8-15-12(16-9-11)10-4-1-2-5-10/h8-10,14H,1-7,13H2. The Morgan fingerprint density at radius 2 is 1.94 bits per heavy atom. The quantitative estimate of drug-likeness (QED) is 0.744. The second-order valence-corrected chi connectivity index (χ2v) is 4.38. The van der Waals surface area contributed by atoms with Crippen molar-refractivity contribution in [2.75, 3.05) is 18.4 Å². The molecule has 4 nitrogen and oxygen atoms in total. The highest BCUT2D eigenvalue weighted by atomic mass is 15.0. The molecule has 16 heavy (non-hydrogen) atoms. The minimum absolute atomic E-state index is 0.595. The van der Waals surface area contributed by atoms with E-state index >= 15 is 0 Å². The van der Waals surface area contributed by atoms with Gasteiger partial charge in [0, 0.05) is 12.5 Å². The van der Waals surface area contributed by atoms with Crippen LogP contribution in [0.3, 0.4) is 0 Å². The Bertz CT molecular complexity index is 303. The van der Waals surface area contributed by atoms with Crippen molar-refractivity contribution in [1.29, 1.82) is 0 Å². The van der Waals surface area contributed by atoms with Crippen molar-refractivity contribution in [2.45, 2.75) is 38.0 Å². The third-order valence-electron chi connectivity index (χ3n) is 3.10. The molecule has 1 fully saturated rings. The molecule has 4 heteroatoms. The van der Waals surface area contributed by atoms with Crippen molar-refractivity contribution in [3.8, 4) is 0 Å². The van der Waals surface area contributed by atoms with Crippen LogP contribution in [0.5, 0.6) is 0 Å². The number of nitrogens with one attached hydrogen (secondary N) is 1. The average molecular weight is 220 g/mol. The average Bonchev–Trinajstić information content (AvgIpc) is 2.84. The van der Waals surface area contributed by atoms with E-state index in [-0.39, 0.29) is 0 Å². The van der Waals surface area contributed by atoms with Gasteiger partial charge in [-0.15, -0.1) is 0 Å². The van der Waals surface area contributed by atoms with Gasteiger partial charge in [-0.05, 0) is 25.8 Å². The molecule has 0 aromatic carbocycles. The maximum Gasteiger partial charge on any atom is 0.131 e. The molecule has 0 radical (unpaired) electrons. The summed E-state index contributed by atoms with van der Waals surface area (Å²) in [4.78, 5) is 8.87. The van der Waals surface area contributed by atoms with Crippen molar-refractivity contribution in [3.63, 3.8) is 0 Å². The molecule has 1 aromatic heterocycles. The van der Waals surface area contributed by atoms with E-state index < -0.39 is 0 Å². The third-order valence-corrected chi connectivity index (χ3v) is 3.10. The number of nitrogens with zero attached hydrogens (tertiary/aromatic N) is 2. The molecule has 0 atom stereocenters. The van der Waals surface area contributed by atoms with Gasteiger partial charge in [-0.2, -0.15) is 0 Å². The monoisotopic (exact) mass is 220 g/mol. The SMILES string of the molecule is NCCCNc1cnc(C2CCCC2)nc1. The molecule has 88 valence electrons. The van der Waals surface area contributed by atoms with Gasteiger partial charge < -0.3 is 11.1 Å². The Labute approximate surface area is 96.7 Å². The summed E-state index contributed by atoms with van der Waals surface area (Å²) in [6, 6.07) is 0. The van der Waals surface area contributed by atoms with Gasteiger partial charge in [0.2, 0.25) is 0 Å². The van der Waals surface area contributed by atoms with Crippen molar-refractivity contribution in [1.82, 2.24) is 9.97 Å². The minimum atomic E-state index is 0.595. The number of rotatable bonds is 5. The lowest BCUT2D eigenvalue weighted by Gasteiger charge is -2.08. The zero-order chi connectivity index (χ0) is 11.2. The molecule has 0 aliphatic heterocycles. The first-order valence-corrected chi connectivity index (χ1v) is 6.16. The highest BCUT2D eigenvalue weighted by Crippen LogP contribution is 2.31. The van der Waals surface area contributed by atoms with Gasteiger partial charge in [-0.3, -0.25) is 0 Å². The van der Waals surface area contributed by atoms with E-state index in [1.54, 1.807) is 0 Å². The van der Waals surface area contributed by atoms with Crippen molar-refractivity contribution in [3.05, 3.63) is 18.2 Å². The first-order chi connectivity index (χ1) is 7.90. The summed E-state index contributed by atoms with van der Waals surface area (Å²) in [6.45, 7) is 1.61. The second kappa shape index (κ2) is 5.80. The fourth-order valence-corrected chi connectivity index (χ4v) is 2.16. The van der Waals surface area contributed by atoms with Gasteiger partial charge >= 0.3 is 0 Å². The van der Waals surface area contributed by atoms with Gasteiger partial charge in [-0.25, -0.2) is 9.97 Å². The summed E-state index contributed by atoms with van der Waals surface area (Å²) in [7, 11) is 0. The van der Waals surface area contributed by atoms with E-state index in [2.05, 4.69) is 15.3 Å². The Morgan fingerprint density at radius 3 is 2.56 bits per heavy atom. The summed E-state index contributed by atoms with van der Waals surface area (Å²) in [5.41, 5.74) is 6.42. The Morgan fingerprint density at radius 1 is 1.25 bits per heavy atom. The Balaban J connectivity index is 1.88. The van der Waals surface area contributed by atoms with E-state index in [9.17, 15) is 0 Å². The lowest BCUT2D eigenvalue weighted by Crippen LogP contribution is -2.09. The van der Waals surface area contributed by atoms with Crippen LogP contribution in [0.4, 0.5) is 5.69 Å². The Kier molecular flexibility index (Phi) is 4.10. The van der Waals surface area contributed by atoms with Crippen LogP contribution in [0.15, 0.2) is 12.4 Å². The van der Waals surface area contributed by atoms with Gasteiger partial charge in [0.25, 0.3) is 0 Å². The summed E-state index contributed by atoms with van der Waals surface area (Å²) in [5, 5.41) is 3.26. The highest BCUT2D eigenvalue weighted by Gasteiger charge is 2.19. The van der Waals surface area contributed by atoms with E-state index in [4.69, 9.17) is 5.73 Å². The van der Waals surface area contributed by atoms with E-state index in [0.717, 1.165) is 24.5 Å². The van der Waals surface area contributed by atoms with E-state index in [1.807, 2.05) is 12.4 Å². The van der Waals surface area contributed by atoms with E-state index in [1.165, 1.54) is 25.7 Å². The topological polar surface area (TPSA) is 63.8 Å².